The molecule has 0 bridgehead atoms. The monoisotopic (exact) mass is 343 g/mol. The molecule has 4 nitrogen and oxygen atoms in total. The Hall–Kier alpha value is -2.05. The van der Waals surface area contributed by atoms with E-state index in [2.05, 4.69) is 10.1 Å². The highest BCUT2D eigenvalue weighted by atomic mass is 19.3. The molecule has 1 amide bonds. The van der Waals surface area contributed by atoms with Gasteiger partial charge in [-0.05, 0) is 56.0 Å². The number of Topliss-reactive ketones (excluding diaryl/α,β-unsaturated/α-hetero) is 1. The fraction of sp³-hybridized carbons (Fsp3) is 0.529. The normalized spacial score (nSPS) is 20.2. The fourth-order valence-electron chi connectivity index (χ4n) is 2.98. The van der Waals surface area contributed by atoms with E-state index >= 15 is 0 Å². The van der Waals surface area contributed by atoms with E-state index in [0.717, 1.165) is 0 Å². The lowest BCUT2D eigenvalue weighted by Crippen LogP contribution is -2.39. The topological polar surface area (TPSA) is 55.4 Å². The predicted octanol–water partition coefficient (Wildman–Crippen LogP) is 3.06. The molecule has 1 unspecified atom stereocenters. The third-order valence-electron chi connectivity index (χ3n) is 4.11. The van der Waals surface area contributed by atoms with Gasteiger partial charge in [0.15, 0.2) is 12.5 Å². The number of nitrogens with one attached hydrogen (secondary N) is 1. The highest BCUT2D eigenvalue weighted by Gasteiger charge is 2.48. The zero-order valence-corrected chi connectivity index (χ0v) is 14.0. The molecular weight excluding hydrogens is 323 g/mol. The molecule has 1 saturated heterocycles. The number of hydrogen-bond donors (Lipinski definition) is 1. The van der Waals surface area contributed by atoms with E-state index in [4.69, 9.17) is 0 Å². The first-order valence-corrected chi connectivity index (χ1v) is 7.65. The molecule has 7 heteroatoms. The average Bonchev–Trinajstić information content (AvgIpc) is 2.67. The van der Waals surface area contributed by atoms with Gasteiger partial charge in [0.25, 0.3) is 0 Å². The van der Waals surface area contributed by atoms with Crippen molar-refractivity contribution < 1.29 is 27.5 Å². The maximum Gasteiger partial charge on any atom is 0.427 e. The van der Waals surface area contributed by atoms with Gasteiger partial charge in [0.2, 0.25) is 5.91 Å². The number of carbonyl (C=O) groups is 2. The van der Waals surface area contributed by atoms with Crippen LogP contribution in [0.25, 0.3) is 0 Å². The number of benzene rings is 1. The largest absolute Gasteiger partial charge is 0.431 e. The van der Waals surface area contributed by atoms with E-state index in [1.54, 1.807) is 27.7 Å². The van der Waals surface area contributed by atoms with Crippen molar-refractivity contribution in [1.82, 2.24) is 5.32 Å². The summed E-state index contributed by atoms with van der Waals surface area (Å²) in [4.78, 5) is 24.8. The van der Waals surface area contributed by atoms with E-state index in [-0.39, 0.29) is 11.5 Å². The molecule has 0 aromatic heterocycles. The van der Waals surface area contributed by atoms with Gasteiger partial charge in [0, 0.05) is 0 Å². The molecule has 1 aromatic rings. The molecule has 2 rings (SSSR count). The first kappa shape index (κ1) is 18.3. The van der Waals surface area contributed by atoms with Crippen molar-refractivity contribution in [2.24, 2.45) is 0 Å². The van der Waals surface area contributed by atoms with Gasteiger partial charge in [-0.15, -0.1) is 0 Å². The Morgan fingerprint density at radius 3 is 2.38 bits per heavy atom. The molecule has 1 fully saturated rings. The van der Waals surface area contributed by atoms with Crippen LogP contribution in [0.2, 0.25) is 0 Å². The Morgan fingerprint density at radius 2 is 1.92 bits per heavy atom. The predicted molar refractivity (Wildman–Crippen MR) is 82.1 cm³/mol. The Bertz CT molecular complexity index is 686. The van der Waals surface area contributed by atoms with Crippen LogP contribution >= 0.6 is 0 Å². The Labute approximate surface area is 138 Å². The second kappa shape index (κ2) is 6.11. The Balaban J connectivity index is 2.49. The summed E-state index contributed by atoms with van der Waals surface area (Å²) in [6, 6.07) is 2.63. The van der Waals surface area contributed by atoms with Gasteiger partial charge in [-0.2, -0.15) is 8.78 Å². The van der Waals surface area contributed by atoms with Gasteiger partial charge in [0.1, 0.15) is 11.7 Å². The Morgan fingerprint density at radius 1 is 1.29 bits per heavy atom. The first-order chi connectivity index (χ1) is 11.0. The van der Waals surface area contributed by atoms with Crippen LogP contribution in [-0.2, 0) is 16.0 Å². The van der Waals surface area contributed by atoms with Gasteiger partial charge in [-0.1, -0.05) is 6.92 Å². The average molecular weight is 343 g/mol. The lowest BCUT2D eigenvalue weighted by molar-refractivity contribution is -0.186. The number of rotatable bonds is 5. The summed E-state index contributed by atoms with van der Waals surface area (Å²) >= 11 is 0. The van der Waals surface area contributed by atoms with E-state index in [1.165, 1.54) is 12.1 Å². The van der Waals surface area contributed by atoms with Crippen molar-refractivity contribution in [3.63, 3.8) is 0 Å². The highest BCUT2D eigenvalue weighted by Crippen LogP contribution is 2.36. The number of ketones is 1. The van der Waals surface area contributed by atoms with Gasteiger partial charge < -0.3 is 10.1 Å². The van der Waals surface area contributed by atoms with Crippen LogP contribution < -0.4 is 10.1 Å². The molecule has 0 saturated carbocycles. The number of carbonyl (C=O) groups excluding carboxylic acids is 2. The molecule has 1 N–H and O–H groups in total. The molecule has 0 spiro atoms. The van der Waals surface area contributed by atoms with Crippen LogP contribution in [0, 0.1) is 6.92 Å². The van der Waals surface area contributed by atoms with Crippen molar-refractivity contribution in [1.29, 1.82) is 0 Å². The second-order valence-electron chi connectivity index (χ2n) is 6.45. The van der Waals surface area contributed by atoms with Crippen LogP contribution in [0.5, 0.6) is 5.75 Å². The molecule has 132 valence electrons. The van der Waals surface area contributed by atoms with E-state index in [0.29, 0.717) is 23.1 Å². The summed E-state index contributed by atoms with van der Waals surface area (Å²) in [5.74, 6) is -1.86. The maximum absolute atomic E-state index is 13.1. The standard InChI is InChI=1S/C17H20F3NO3/c1-5-10-7-11(24-17(19,20)8-18)6-9(2)12(10)13-14(22)16(3,4)21-15(13)23/h6-7,13H,5,8H2,1-4H3,(H,21,23). The molecule has 0 radical (unpaired) electrons. The van der Waals surface area contributed by atoms with Crippen LogP contribution in [0.15, 0.2) is 12.1 Å². The van der Waals surface area contributed by atoms with Crippen LogP contribution in [0.4, 0.5) is 13.2 Å². The van der Waals surface area contributed by atoms with E-state index in [1.807, 2.05) is 0 Å². The molecule has 0 aliphatic carbocycles. The van der Waals surface area contributed by atoms with Crippen LogP contribution in [0.3, 0.4) is 0 Å². The summed E-state index contributed by atoms with van der Waals surface area (Å²) in [6.07, 6.45) is -3.51. The van der Waals surface area contributed by atoms with Crippen molar-refractivity contribution in [2.45, 2.75) is 51.7 Å². The van der Waals surface area contributed by atoms with Gasteiger partial charge >= 0.3 is 6.11 Å². The number of hydrogen-bond acceptors (Lipinski definition) is 3. The lowest BCUT2D eigenvalue weighted by atomic mass is 9.83. The number of aryl methyl sites for hydroxylation is 2. The number of alkyl halides is 3. The smallest absolute Gasteiger partial charge is 0.427 e. The zero-order chi connectivity index (χ0) is 18.3. The third-order valence-corrected chi connectivity index (χ3v) is 4.11. The minimum Gasteiger partial charge on any atom is -0.431 e. The highest BCUT2D eigenvalue weighted by molar-refractivity contribution is 6.17. The minimum absolute atomic E-state index is 0.194. The number of amides is 1. The molecular formula is C17H20F3NO3. The summed E-state index contributed by atoms with van der Waals surface area (Å²) in [5, 5.41) is 2.64. The second-order valence-corrected chi connectivity index (χ2v) is 6.45. The van der Waals surface area contributed by atoms with Gasteiger partial charge in [0.05, 0.1) is 5.54 Å². The first-order valence-electron chi connectivity index (χ1n) is 7.65. The van der Waals surface area contributed by atoms with Crippen LogP contribution in [-0.4, -0.2) is 30.0 Å². The third kappa shape index (κ3) is 3.25. The summed E-state index contributed by atoms with van der Waals surface area (Å²) < 4.78 is 42.9. The van der Waals surface area contributed by atoms with Gasteiger partial charge in [-0.3, -0.25) is 9.59 Å². The lowest BCUT2D eigenvalue weighted by Gasteiger charge is -2.20. The molecule has 24 heavy (non-hydrogen) atoms. The number of ether oxygens (including phenoxy) is 1. The maximum atomic E-state index is 13.1. The molecule has 1 atom stereocenters. The van der Waals surface area contributed by atoms with Crippen molar-refractivity contribution in [3.8, 4) is 5.75 Å². The van der Waals surface area contributed by atoms with E-state index < -0.39 is 30.1 Å². The molecule has 1 aromatic carbocycles. The van der Waals surface area contributed by atoms with Crippen molar-refractivity contribution in [2.75, 3.05) is 6.67 Å². The molecule has 1 heterocycles. The minimum atomic E-state index is -3.92. The quantitative estimate of drug-likeness (QED) is 0.836. The Kier molecular flexibility index (Phi) is 4.65. The number of halogens is 3. The van der Waals surface area contributed by atoms with Crippen molar-refractivity contribution in [3.05, 3.63) is 28.8 Å². The molecule has 1 aliphatic heterocycles. The zero-order valence-electron chi connectivity index (χ0n) is 14.0. The fourth-order valence-corrected chi connectivity index (χ4v) is 2.98. The molecule has 1 aliphatic rings. The van der Waals surface area contributed by atoms with E-state index in [9.17, 15) is 22.8 Å². The van der Waals surface area contributed by atoms with Crippen molar-refractivity contribution >= 4 is 11.7 Å². The summed E-state index contributed by atoms with van der Waals surface area (Å²) in [5.41, 5.74) is 0.549. The summed E-state index contributed by atoms with van der Waals surface area (Å²) in [6.45, 7) is 4.69. The van der Waals surface area contributed by atoms with Gasteiger partial charge in [-0.25, -0.2) is 4.39 Å². The van der Waals surface area contributed by atoms with Crippen LogP contribution in [0.1, 0.15) is 43.4 Å². The SMILES string of the molecule is CCc1cc(OC(F)(F)CF)cc(C)c1C1C(=O)NC(C)(C)C1=O. The summed E-state index contributed by atoms with van der Waals surface area (Å²) in [7, 11) is 0.